The van der Waals surface area contributed by atoms with Crippen molar-refractivity contribution in [2.24, 2.45) is 0 Å². The fourth-order valence-corrected chi connectivity index (χ4v) is 5.82. The van der Waals surface area contributed by atoms with Gasteiger partial charge in [0.25, 0.3) is 15.9 Å². The first-order valence-corrected chi connectivity index (χ1v) is 11.8. The normalized spacial score (nSPS) is 17.9. The van der Waals surface area contributed by atoms with Crippen molar-refractivity contribution in [2.75, 3.05) is 24.5 Å². The highest BCUT2D eigenvalue weighted by Crippen LogP contribution is 2.27. The van der Waals surface area contributed by atoms with E-state index in [4.69, 9.17) is 4.74 Å². The molecule has 1 saturated heterocycles. The number of ether oxygens (including phenoxy) is 1. The van der Waals surface area contributed by atoms with Crippen LogP contribution in [0.15, 0.2) is 46.0 Å². The van der Waals surface area contributed by atoms with Gasteiger partial charge in [-0.3, -0.25) is 9.10 Å². The molecule has 158 valence electrons. The van der Waals surface area contributed by atoms with E-state index in [-0.39, 0.29) is 22.8 Å². The summed E-state index contributed by atoms with van der Waals surface area (Å²) in [5, 5.41) is 11.3. The first kappa shape index (κ1) is 21.6. The number of aliphatic hydroxyl groups is 1. The zero-order valence-corrected chi connectivity index (χ0v) is 18.2. The number of hydrogen-bond acceptors (Lipinski definition) is 6. The molecule has 0 spiro atoms. The van der Waals surface area contributed by atoms with E-state index in [9.17, 15) is 18.3 Å². The standard InChI is InChI=1S/C20H26N2O5S2/c1-15(23)13-17-5-3-11-22(17)19(24)14-27-18-9-7-16(8-10-18)21(2)29(25,26)20-6-4-12-28-20/h4,6-10,12,15,17,23H,3,5,11,13-14H2,1-2H3/t15-,17+/m0/s1. The molecule has 2 heterocycles. The predicted molar refractivity (Wildman–Crippen MR) is 113 cm³/mol. The van der Waals surface area contributed by atoms with Crippen molar-refractivity contribution >= 4 is 33.0 Å². The quantitative estimate of drug-likeness (QED) is 0.685. The third kappa shape index (κ3) is 5.09. The van der Waals surface area contributed by atoms with Crippen LogP contribution in [0, 0.1) is 0 Å². The van der Waals surface area contributed by atoms with E-state index in [1.807, 2.05) is 0 Å². The van der Waals surface area contributed by atoms with Gasteiger partial charge in [0.15, 0.2) is 6.61 Å². The average molecular weight is 439 g/mol. The molecule has 1 aromatic carbocycles. The van der Waals surface area contributed by atoms with Crippen molar-refractivity contribution in [3.63, 3.8) is 0 Å². The van der Waals surface area contributed by atoms with E-state index < -0.39 is 16.1 Å². The summed E-state index contributed by atoms with van der Waals surface area (Å²) in [6, 6.07) is 9.94. The molecule has 1 aliphatic heterocycles. The fraction of sp³-hybridized carbons (Fsp3) is 0.450. The maximum Gasteiger partial charge on any atom is 0.273 e. The van der Waals surface area contributed by atoms with Crippen LogP contribution in [0.4, 0.5) is 5.69 Å². The molecule has 29 heavy (non-hydrogen) atoms. The molecular weight excluding hydrogens is 412 g/mol. The highest BCUT2D eigenvalue weighted by molar-refractivity contribution is 7.94. The van der Waals surface area contributed by atoms with Crippen LogP contribution in [0.3, 0.4) is 0 Å². The van der Waals surface area contributed by atoms with Crippen LogP contribution in [0.1, 0.15) is 26.2 Å². The van der Waals surface area contributed by atoms with Crippen LogP contribution >= 0.6 is 11.3 Å². The van der Waals surface area contributed by atoms with Crippen LogP contribution in [-0.4, -0.2) is 56.7 Å². The number of thiophene rings is 1. The number of hydrogen-bond donors (Lipinski definition) is 1. The molecular formula is C20H26N2O5S2. The Kier molecular flexibility index (Phi) is 6.81. The monoisotopic (exact) mass is 438 g/mol. The van der Waals surface area contributed by atoms with Gasteiger partial charge in [-0.2, -0.15) is 0 Å². The molecule has 9 heteroatoms. The van der Waals surface area contributed by atoms with E-state index in [0.29, 0.717) is 24.4 Å². The van der Waals surface area contributed by atoms with Crippen molar-refractivity contribution in [3.05, 3.63) is 41.8 Å². The fourth-order valence-electron chi connectivity index (χ4n) is 3.47. The van der Waals surface area contributed by atoms with Gasteiger partial charge in [-0.15, -0.1) is 11.3 Å². The molecule has 1 fully saturated rings. The Morgan fingerprint density at radius 1 is 1.34 bits per heavy atom. The molecule has 0 bridgehead atoms. The van der Waals surface area contributed by atoms with Crippen LogP contribution in [0.5, 0.6) is 5.75 Å². The Labute approximate surface area is 175 Å². The van der Waals surface area contributed by atoms with E-state index in [2.05, 4.69) is 0 Å². The van der Waals surface area contributed by atoms with E-state index in [1.54, 1.807) is 53.6 Å². The molecule has 1 aliphatic rings. The molecule has 1 N–H and O–H groups in total. The predicted octanol–water partition coefficient (Wildman–Crippen LogP) is 2.71. The number of carbonyl (C=O) groups is 1. The van der Waals surface area contributed by atoms with Crippen LogP contribution in [-0.2, 0) is 14.8 Å². The summed E-state index contributed by atoms with van der Waals surface area (Å²) < 4.78 is 32.3. The summed E-state index contributed by atoms with van der Waals surface area (Å²) in [5.41, 5.74) is 0.508. The second-order valence-corrected chi connectivity index (χ2v) is 10.3. The Bertz CT molecular complexity index is 911. The average Bonchev–Trinajstić information content (AvgIpc) is 3.38. The molecule has 7 nitrogen and oxygen atoms in total. The zero-order valence-electron chi connectivity index (χ0n) is 16.5. The molecule has 2 atom stereocenters. The SMILES string of the molecule is C[C@H](O)C[C@H]1CCCN1C(=O)COc1ccc(N(C)S(=O)(=O)c2cccs2)cc1. The van der Waals surface area contributed by atoms with Crippen molar-refractivity contribution in [3.8, 4) is 5.75 Å². The minimum atomic E-state index is -3.58. The molecule has 0 aliphatic carbocycles. The van der Waals surface area contributed by atoms with Gasteiger partial charge < -0.3 is 14.7 Å². The number of benzene rings is 1. The minimum absolute atomic E-state index is 0.0598. The minimum Gasteiger partial charge on any atom is -0.484 e. The van der Waals surface area contributed by atoms with Gasteiger partial charge in [0.1, 0.15) is 9.96 Å². The van der Waals surface area contributed by atoms with Gasteiger partial charge in [0.2, 0.25) is 0 Å². The maximum atomic E-state index is 12.6. The van der Waals surface area contributed by atoms with Gasteiger partial charge in [0.05, 0.1) is 11.8 Å². The lowest BCUT2D eigenvalue weighted by Gasteiger charge is -2.25. The molecule has 0 radical (unpaired) electrons. The zero-order chi connectivity index (χ0) is 21.0. The van der Waals surface area contributed by atoms with Gasteiger partial charge in [-0.25, -0.2) is 8.42 Å². The number of anilines is 1. The number of sulfonamides is 1. The summed E-state index contributed by atoms with van der Waals surface area (Å²) in [7, 11) is -2.08. The number of aliphatic hydroxyl groups excluding tert-OH is 1. The topological polar surface area (TPSA) is 87.2 Å². The highest BCUT2D eigenvalue weighted by atomic mass is 32.2. The van der Waals surface area contributed by atoms with E-state index >= 15 is 0 Å². The maximum absolute atomic E-state index is 12.6. The third-order valence-electron chi connectivity index (χ3n) is 4.98. The Morgan fingerprint density at radius 3 is 2.69 bits per heavy atom. The van der Waals surface area contributed by atoms with Crippen molar-refractivity contribution in [2.45, 2.75) is 42.5 Å². The van der Waals surface area contributed by atoms with Gasteiger partial charge >= 0.3 is 0 Å². The molecule has 2 aromatic rings. The molecule has 1 amide bonds. The molecule has 1 aromatic heterocycles. The van der Waals surface area contributed by atoms with Gasteiger partial charge in [-0.1, -0.05) is 6.07 Å². The molecule has 0 saturated carbocycles. The van der Waals surface area contributed by atoms with Crippen LogP contribution in [0.25, 0.3) is 0 Å². The summed E-state index contributed by atoms with van der Waals surface area (Å²) in [5.74, 6) is 0.393. The van der Waals surface area contributed by atoms with Crippen molar-refractivity contribution < 1.29 is 23.1 Å². The lowest BCUT2D eigenvalue weighted by Crippen LogP contribution is -2.40. The van der Waals surface area contributed by atoms with Gasteiger partial charge in [-0.05, 0) is 61.9 Å². The Hall–Kier alpha value is -2.10. The third-order valence-corrected chi connectivity index (χ3v) is 8.14. The van der Waals surface area contributed by atoms with Crippen LogP contribution in [0.2, 0.25) is 0 Å². The van der Waals surface area contributed by atoms with Crippen molar-refractivity contribution in [1.82, 2.24) is 4.90 Å². The summed E-state index contributed by atoms with van der Waals surface area (Å²) in [6.45, 7) is 2.33. The summed E-state index contributed by atoms with van der Waals surface area (Å²) in [4.78, 5) is 14.3. The number of nitrogens with zero attached hydrogens (tertiary/aromatic N) is 2. The smallest absolute Gasteiger partial charge is 0.273 e. The molecule has 0 unspecified atom stereocenters. The van der Waals surface area contributed by atoms with E-state index in [1.165, 1.54) is 22.7 Å². The number of carbonyl (C=O) groups excluding carboxylic acids is 1. The second kappa shape index (κ2) is 9.15. The lowest BCUT2D eigenvalue weighted by molar-refractivity contribution is -0.134. The Balaban J connectivity index is 1.59. The summed E-state index contributed by atoms with van der Waals surface area (Å²) in [6.07, 6.45) is 1.97. The van der Waals surface area contributed by atoms with E-state index in [0.717, 1.165) is 12.8 Å². The Morgan fingerprint density at radius 2 is 2.07 bits per heavy atom. The van der Waals surface area contributed by atoms with Gasteiger partial charge in [0, 0.05) is 19.6 Å². The number of rotatable bonds is 8. The lowest BCUT2D eigenvalue weighted by atomic mass is 10.1. The highest BCUT2D eigenvalue weighted by Gasteiger charge is 2.29. The summed E-state index contributed by atoms with van der Waals surface area (Å²) >= 11 is 1.17. The number of amides is 1. The number of likely N-dealkylation sites (tertiary alicyclic amines) is 1. The second-order valence-electron chi connectivity index (χ2n) is 7.16. The largest absolute Gasteiger partial charge is 0.484 e. The first-order chi connectivity index (χ1) is 13.8. The van der Waals surface area contributed by atoms with Crippen LogP contribution < -0.4 is 9.04 Å². The molecule has 3 rings (SSSR count). The van der Waals surface area contributed by atoms with Crippen molar-refractivity contribution in [1.29, 1.82) is 0 Å². The first-order valence-electron chi connectivity index (χ1n) is 9.52.